The average Bonchev–Trinajstić information content (AvgIpc) is 2.08. The lowest BCUT2D eigenvalue weighted by Gasteiger charge is -2.17. The minimum Gasteiger partial charge on any atom is -0.326 e. The molecular weight excluding hydrogens is 247 g/mol. The molecule has 0 fully saturated rings. The first-order chi connectivity index (χ1) is 7.28. The van der Waals surface area contributed by atoms with Crippen LogP contribution in [0.25, 0.3) is 0 Å². The van der Waals surface area contributed by atoms with Gasteiger partial charge in [-0.05, 0) is 32.0 Å². The van der Waals surface area contributed by atoms with Gasteiger partial charge < -0.3 is 11.1 Å². The van der Waals surface area contributed by atoms with E-state index in [9.17, 15) is 4.79 Å². The van der Waals surface area contributed by atoms with E-state index in [1.54, 1.807) is 32.0 Å². The molecule has 88 valence electrons. The molecule has 0 aliphatic heterocycles. The molecule has 0 saturated carbocycles. The highest BCUT2D eigenvalue weighted by Crippen LogP contribution is 2.25. The SMILES string of the molecule is CC(C)(N)CC(=O)Nc1ccc(Cl)c(Cl)c1. The van der Waals surface area contributed by atoms with E-state index in [4.69, 9.17) is 28.9 Å². The molecule has 3 nitrogen and oxygen atoms in total. The molecule has 3 N–H and O–H groups in total. The monoisotopic (exact) mass is 260 g/mol. The van der Waals surface area contributed by atoms with Crippen LogP contribution in [0.4, 0.5) is 5.69 Å². The van der Waals surface area contributed by atoms with Crippen LogP contribution in [0.3, 0.4) is 0 Å². The Bertz CT molecular complexity index is 399. The Morgan fingerprint density at radius 1 is 1.38 bits per heavy atom. The van der Waals surface area contributed by atoms with Gasteiger partial charge in [0.25, 0.3) is 0 Å². The fourth-order valence-electron chi connectivity index (χ4n) is 1.19. The van der Waals surface area contributed by atoms with Crippen LogP contribution >= 0.6 is 23.2 Å². The summed E-state index contributed by atoms with van der Waals surface area (Å²) >= 11 is 11.6. The highest BCUT2D eigenvalue weighted by molar-refractivity contribution is 6.42. The summed E-state index contributed by atoms with van der Waals surface area (Å²) in [6, 6.07) is 4.92. The van der Waals surface area contributed by atoms with Gasteiger partial charge in [0.2, 0.25) is 5.91 Å². The Hall–Kier alpha value is -0.770. The molecule has 16 heavy (non-hydrogen) atoms. The first-order valence-corrected chi connectivity index (χ1v) is 5.57. The summed E-state index contributed by atoms with van der Waals surface area (Å²) in [5.41, 5.74) is 5.82. The quantitative estimate of drug-likeness (QED) is 0.878. The first kappa shape index (κ1) is 13.3. The Morgan fingerprint density at radius 3 is 2.50 bits per heavy atom. The summed E-state index contributed by atoms with van der Waals surface area (Å²) < 4.78 is 0. The van der Waals surface area contributed by atoms with E-state index in [0.717, 1.165) is 0 Å². The Labute approximate surface area is 105 Å². The van der Waals surface area contributed by atoms with Crippen LogP contribution in [-0.2, 0) is 4.79 Å². The molecule has 0 heterocycles. The van der Waals surface area contributed by atoms with Crippen molar-refractivity contribution in [3.63, 3.8) is 0 Å². The maximum absolute atomic E-state index is 11.6. The minimum absolute atomic E-state index is 0.147. The second kappa shape index (κ2) is 5.04. The molecule has 1 aromatic carbocycles. The van der Waals surface area contributed by atoms with Crippen molar-refractivity contribution in [1.29, 1.82) is 0 Å². The molecule has 1 rings (SSSR count). The number of nitrogens with two attached hydrogens (primary N) is 1. The molecule has 0 atom stereocenters. The fraction of sp³-hybridized carbons (Fsp3) is 0.364. The number of hydrogen-bond donors (Lipinski definition) is 2. The number of halogens is 2. The molecular formula is C11H14Cl2N2O. The third-order valence-electron chi connectivity index (χ3n) is 1.82. The van der Waals surface area contributed by atoms with Gasteiger partial charge in [0.1, 0.15) is 0 Å². The van der Waals surface area contributed by atoms with Crippen molar-refractivity contribution in [3.05, 3.63) is 28.2 Å². The van der Waals surface area contributed by atoms with Gasteiger partial charge in [-0.25, -0.2) is 0 Å². The highest BCUT2D eigenvalue weighted by atomic mass is 35.5. The number of carbonyl (C=O) groups excluding carboxylic acids is 1. The number of rotatable bonds is 3. The summed E-state index contributed by atoms with van der Waals surface area (Å²) in [4.78, 5) is 11.6. The van der Waals surface area contributed by atoms with Gasteiger partial charge >= 0.3 is 0 Å². The lowest BCUT2D eigenvalue weighted by atomic mass is 10.0. The van der Waals surface area contributed by atoms with Crippen molar-refractivity contribution in [2.45, 2.75) is 25.8 Å². The predicted molar refractivity (Wildman–Crippen MR) is 68.0 cm³/mol. The molecule has 0 aliphatic carbocycles. The van der Waals surface area contributed by atoms with Crippen molar-refractivity contribution >= 4 is 34.8 Å². The van der Waals surface area contributed by atoms with Gasteiger partial charge in [0.05, 0.1) is 10.0 Å². The molecule has 1 amide bonds. The largest absolute Gasteiger partial charge is 0.326 e. The lowest BCUT2D eigenvalue weighted by molar-refractivity contribution is -0.117. The number of nitrogens with one attached hydrogen (secondary N) is 1. The number of amides is 1. The zero-order valence-corrected chi connectivity index (χ0v) is 10.7. The van der Waals surface area contributed by atoms with Crippen molar-refractivity contribution in [2.24, 2.45) is 5.73 Å². The molecule has 0 spiro atoms. The van der Waals surface area contributed by atoms with E-state index in [-0.39, 0.29) is 12.3 Å². The third-order valence-corrected chi connectivity index (χ3v) is 2.56. The van der Waals surface area contributed by atoms with Gasteiger partial charge in [0, 0.05) is 17.6 Å². The van der Waals surface area contributed by atoms with Gasteiger partial charge in [-0.15, -0.1) is 0 Å². The van der Waals surface area contributed by atoms with E-state index >= 15 is 0 Å². The standard InChI is InChI=1S/C11H14Cl2N2O/c1-11(2,14)6-10(16)15-7-3-4-8(12)9(13)5-7/h3-5H,6,14H2,1-2H3,(H,15,16). The van der Waals surface area contributed by atoms with Gasteiger partial charge in [0.15, 0.2) is 0 Å². The average molecular weight is 261 g/mol. The van der Waals surface area contributed by atoms with E-state index in [2.05, 4.69) is 5.32 Å². The summed E-state index contributed by atoms with van der Waals surface area (Å²) in [7, 11) is 0. The summed E-state index contributed by atoms with van der Waals surface area (Å²) in [5, 5.41) is 3.57. The van der Waals surface area contributed by atoms with Crippen LogP contribution in [0.2, 0.25) is 10.0 Å². The second-order valence-electron chi connectivity index (χ2n) is 4.34. The van der Waals surface area contributed by atoms with Crippen LogP contribution in [0.5, 0.6) is 0 Å². The fourth-order valence-corrected chi connectivity index (χ4v) is 1.49. The Morgan fingerprint density at radius 2 is 2.00 bits per heavy atom. The van der Waals surface area contributed by atoms with Crippen LogP contribution in [0, 0.1) is 0 Å². The Balaban J connectivity index is 2.67. The highest BCUT2D eigenvalue weighted by Gasteiger charge is 2.16. The van der Waals surface area contributed by atoms with E-state index in [1.165, 1.54) is 0 Å². The lowest BCUT2D eigenvalue weighted by Crippen LogP contribution is -2.36. The van der Waals surface area contributed by atoms with Crippen LogP contribution < -0.4 is 11.1 Å². The topological polar surface area (TPSA) is 55.1 Å². The number of anilines is 1. The molecule has 0 aliphatic rings. The first-order valence-electron chi connectivity index (χ1n) is 4.82. The summed E-state index contributed by atoms with van der Waals surface area (Å²) in [6.45, 7) is 3.59. The molecule has 0 unspecified atom stereocenters. The van der Waals surface area contributed by atoms with Crippen LogP contribution in [0.1, 0.15) is 20.3 Å². The van der Waals surface area contributed by atoms with Gasteiger partial charge in [-0.2, -0.15) is 0 Å². The van der Waals surface area contributed by atoms with Gasteiger partial charge in [-0.1, -0.05) is 23.2 Å². The van der Waals surface area contributed by atoms with Crippen molar-refractivity contribution in [2.75, 3.05) is 5.32 Å². The molecule has 0 saturated heterocycles. The maximum atomic E-state index is 11.6. The third kappa shape index (κ3) is 4.39. The van der Waals surface area contributed by atoms with E-state index in [0.29, 0.717) is 15.7 Å². The predicted octanol–water partition coefficient (Wildman–Crippen LogP) is 3.06. The maximum Gasteiger partial charge on any atom is 0.226 e. The van der Waals surface area contributed by atoms with Crippen LogP contribution in [-0.4, -0.2) is 11.4 Å². The Kier molecular flexibility index (Phi) is 4.19. The van der Waals surface area contributed by atoms with E-state index in [1.807, 2.05) is 0 Å². The van der Waals surface area contributed by atoms with Crippen LogP contribution in [0.15, 0.2) is 18.2 Å². The summed E-state index contributed by atoms with van der Waals surface area (Å²) in [6.07, 6.45) is 0.243. The molecule has 1 aromatic rings. The van der Waals surface area contributed by atoms with Crippen molar-refractivity contribution < 1.29 is 4.79 Å². The number of carbonyl (C=O) groups is 1. The molecule has 5 heteroatoms. The smallest absolute Gasteiger partial charge is 0.226 e. The van der Waals surface area contributed by atoms with Crippen molar-refractivity contribution in [3.8, 4) is 0 Å². The van der Waals surface area contributed by atoms with E-state index < -0.39 is 5.54 Å². The molecule has 0 bridgehead atoms. The zero-order valence-electron chi connectivity index (χ0n) is 9.18. The number of hydrogen-bond acceptors (Lipinski definition) is 2. The second-order valence-corrected chi connectivity index (χ2v) is 5.16. The van der Waals surface area contributed by atoms with Crippen molar-refractivity contribution in [1.82, 2.24) is 0 Å². The molecule has 0 radical (unpaired) electrons. The minimum atomic E-state index is -0.527. The number of benzene rings is 1. The zero-order chi connectivity index (χ0) is 12.3. The van der Waals surface area contributed by atoms with Gasteiger partial charge in [-0.3, -0.25) is 4.79 Å². The normalized spacial score (nSPS) is 11.3. The molecule has 0 aromatic heterocycles. The summed E-state index contributed by atoms with van der Waals surface area (Å²) in [5.74, 6) is -0.147.